The predicted octanol–water partition coefficient (Wildman–Crippen LogP) is 3.85. The van der Waals surface area contributed by atoms with Crippen LogP contribution in [0.2, 0.25) is 0 Å². The Balaban J connectivity index is 1.50. The van der Waals surface area contributed by atoms with E-state index in [9.17, 15) is 13.2 Å². The van der Waals surface area contributed by atoms with Crippen LogP contribution in [0.15, 0.2) is 23.3 Å². The Morgan fingerprint density at radius 3 is 2.71 bits per heavy atom. The van der Waals surface area contributed by atoms with Crippen LogP contribution < -0.4 is 16.2 Å². The summed E-state index contributed by atoms with van der Waals surface area (Å²) >= 11 is 0. The van der Waals surface area contributed by atoms with Crippen molar-refractivity contribution in [2.75, 3.05) is 25.4 Å². The van der Waals surface area contributed by atoms with Gasteiger partial charge in [-0.05, 0) is 57.1 Å². The van der Waals surface area contributed by atoms with Crippen LogP contribution in [0.1, 0.15) is 45.6 Å². The number of nitrogen functional groups attached to an aromatic ring is 1. The number of hydrogen-bond donors (Lipinski definition) is 2. The molecule has 4 rings (SSSR count). The fourth-order valence-corrected chi connectivity index (χ4v) is 5.35. The van der Waals surface area contributed by atoms with E-state index in [-0.39, 0.29) is 18.0 Å². The summed E-state index contributed by atoms with van der Waals surface area (Å²) in [6, 6.07) is 1.88. The van der Waals surface area contributed by atoms with E-state index < -0.39 is 12.1 Å². The van der Waals surface area contributed by atoms with E-state index in [0.717, 1.165) is 44.7 Å². The zero-order chi connectivity index (χ0) is 24.6. The van der Waals surface area contributed by atoms with Crippen LogP contribution >= 0.6 is 0 Å². The molecule has 1 saturated heterocycles. The molecule has 188 valence electrons. The maximum absolute atomic E-state index is 12.7. The number of nitrogens with two attached hydrogens (primary N) is 2. The molecule has 1 aliphatic heterocycles. The number of rotatable bonds is 7. The minimum atomic E-state index is -4.86. The third kappa shape index (κ3) is 5.66. The van der Waals surface area contributed by atoms with Gasteiger partial charge in [0.1, 0.15) is 0 Å². The average molecular weight is 482 g/mol. The van der Waals surface area contributed by atoms with Gasteiger partial charge in [-0.2, -0.15) is 0 Å². The van der Waals surface area contributed by atoms with Crippen LogP contribution in [0, 0.1) is 17.8 Å². The van der Waals surface area contributed by atoms with Gasteiger partial charge in [0.15, 0.2) is 11.6 Å². The summed E-state index contributed by atoms with van der Waals surface area (Å²) in [5, 5.41) is 0. The van der Waals surface area contributed by atoms with Crippen molar-refractivity contribution >= 4 is 17.2 Å². The monoisotopic (exact) mass is 481 g/mol. The first-order valence-electron chi connectivity index (χ1n) is 12.0. The Hall–Kier alpha value is -2.33. The Bertz CT molecular complexity index is 939. The number of anilines is 1. The molecule has 7 nitrogen and oxygen atoms in total. The summed E-state index contributed by atoms with van der Waals surface area (Å²) in [5.41, 5.74) is 13.4. The van der Waals surface area contributed by atoms with Crippen molar-refractivity contribution in [2.24, 2.45) is 28.5 Å². The molecule has 2 aliphatic carbocycles. The number of allylic oxidation sites excluding steroid dienone is 1. The first-order chi connectivity index (χ1) is 16.1. The Kier molecular flexibility index (Phi) is 7.09. The highest BCUT2D eigenvalue weighted by Gasteiger charge is 2.58. The Morgan fingerprint density at radius 2 is 2.09 bits per heavy atom. The number of aliphatic imine (C=N–C) groups is 1. The van der Waals surface area contributed by atoms with Crippen LogP contribution in [0.25, 0.3) is 5.70 Å². The van der Waals surface area contributed by atoms with Crippen molar-refractivity contribution < 1.29 is 22.6 Å². The zero-order valence-electron chi connectivity index (χ0n) is 19.9. The van der Waals surface area contributed by atoms with Crippen LogP contribution in [-0.2, 0) is 4.74 Å². The normalized spacial score (nSPS) is 31.3. The van der Waals surface area contributed by atoms with E-state index in [1.807, 2.05) is 0 Å². The Labute approximate surface area is 198 Å². The third-order valence-electron chi connectivity index (χ3n) is 7.25. The second-order valence-electron chi connectivity index (χ2n) is 9.72. The molecular formula is C24H34F3N5O2. The summed E-state index contributed by atoms with van der Waals surface area (Å²) < 4.78 is 47.8. The van der Waals surface area contributed by atoms with Gasteiger partial charge in [0.2, 0.25) is 0 Å². The molecule has 1 aromatic heterocycles. The number of fused-ring (bicyclic) bond motifs is 1. The van der Waals surface area contributed by atoms with E-state index in [1.54, 1.807) is 6.08 Å². The lowest BCUT2D eigenvalue weighted by Crippen LogP contribution is -2.46. The van der Waals surface area contributed by atoms with E-state index in [4.69, 9.17) is 21.2 Å². The van der Waals surface area contributed by atoms with Gasteiger partial charge in [-0.1, -0.05) is 6.92 Å². The highest BCUT2D eigenvalue weighted by Crippen LogP contribution is 2.59. The molecule has 2 heterocycles. The standard InChI is InChI=1S/C24H34F3N5O2/c1-4-13(2)31-20(10-19(28)15-7-21(23(29)30-11-15)34-24(25,26)27)22-17-8-16(9-18(17)22)32-5-6-33-14(3)12-32/h7,10-11,13-14,16-18,22H,4-6,8-9,12,28H2,1-3H3,(H2,29,30)/t13?,14-,16?,17-,18+,22?/m0/s1. The number of alkyl halides is 3. The minimum Gasteiger partial charge on any atom is -0.402 e. The van der Waals surface area contributed by atoms with Gasteiger partial charge in [-0.25, -0.2) is 4.98 Å². The molecule has 4 N–H and O–H groups in total. The summed E-state index contributed by atoms with van der Waals surface area (Å²) in [5.74, 6) is 0.539. The van der Waals surface area contributed by atoms with Crippen molar-refractivity contribution in [1.82, 2.24) is 9.88 Å². The van der Waals surface area contributed by atoms with E-state index in [0.29, 0.717) is 35.1 Å². The molecular weight excluding hydrogens is 447 g/mol. The summed E-state index contributed by atoms with van der Waals surface area (Å²) in [7, 11) is 0. The highest BCUT2D eigenvalue weighted by atomic mass is 19.4. The average Bonchev–Trinajstić information content (AvgIpc) is 3.26. The van der Waals surface area contributed by atoms with Crippen LogP contribution in [0.3, 0.4) is 0 Å². The largest absolute Gasteiger partial charge is 0.573 e. The van der Waals surface area contributed by atoms with Gasteiger partial charge in [-0.3, -0.25) is 9.89 Å². The zero-order valence-corrected chi connectivity index (χ0v) is 19.9. The lowest BCUT2D eigenvalue weighted by atomic mass is 10.00. The number of aromatic nitrogens is 1. The summed E-state index contributed by atoms with van der Waals surface area (Å²) in [4.78, 5) is 11.3. The van der Waals surface area contributed by atoms with Crippen molar-refractivity contribution in [3.63, 3.8) is 0 Å². The maximum atomic E-state index is 12.7. The van der Waals surface area contributed by atoms with Crippen LogP contribution in [-0.4, -0.2) is 59.8 Å². The number of hydrogen-bond acceptors (Lipinski definition) is 7. The first kappa shape index (κ1) is 24.8. The summed E-state index contributed by atoms with van der Waals surface area (Å²) in [6.07, 6.45) is 1.70. The lowest BCUT2D eigenvalue weighted by molar-refractivity contribution is -0.274. The fraction of sp³-hybridized carbons (Fsp3) is 0.667. The predicted molar refractivity (Wildman–Crippen MR) is 125 cm³/mol. The number of pyridine rings is 1. The second-order valence-corrected chi connectivity index (χ2v) is 9.72. The van der Waals surface area contributed by atoms with Crippen LogP contribution in [0.4, 0.5) is 19.0 Å². The lowest BCUT2D eigenvalue weighted by Gasteiger charge is -2.36. The number of morpholine rings is 1. The first-order valence-corrected chi connectivity index (χ1v) is 12.0. The molecule has 0 aromatic carbocycles. The van der Waals surface area contributed by atoms with Crippen molar-refractivity contribution in [3.8, 4) is 5.75 Å². The van der Waals surface area contributed by atoms with Crippen molar-refractivity contribution in [3.05, 3.63) is 23.9 Å². The fourth-order valence-electron chi connectivity index (χ4n) is 5.35. The molecule has 0 spiro atoms. The van der Waals surface area contributed by atoms with Gasteiger partial charge in [0.25, 0.3) is 0 Å². The minimum absolute atomic E-state index is 0.130. The SMILES string of the molecule is CCC(C)N=C(C=C(N)c1cnc(N)c(OC(F)(F)F)c1)C1[C@H]2CC(N3CCO[C@@H](C)C3)C[C@@H]12. The van der Waals surface area contributed by atoms with Gasteiger partial charge in [0, 0.05) is 54.3 Å². The van der Waals surface area contributed by atoms with E-state index in [1.165, 1.54) is 12.3 Å². The molecule has 34 heavy (non-hydrogen) atoms. The quantitative estimate of drug-likeness (QED) is 0.574. The Morgan fingerprint density at radius 1 is 1.38 bits per heavy atom. The van der Waals surface area contributed by atoms with Gasteiger partial charge in [-0.15, -0.1) is 13.2 Å². The van der Waals surface area contributed by atoms with Gasteiger partial charge >= 0.3 is 6.36 Å². The molecule has 0 radical (unpaired) electrons. The number of nitrogens with zero attached hydrogens (tertiary/aromatic N) is 3. The smallest absolute Gasteiger partial charge is 0.402 e. The maximum Gasteiger partial charge on any atom is 0.573 e. The van der Waals surface area contributed by atoms with E-state index >= 15 is 0 Å². The molecule has 0 amide bonds. The molecule has 10 heteroatoms. The topological polar surface area (TPSA) is 99.0 Å². The molecule has 3 fully saturated rings. The molecule has 2 saturated carbocycles. The van der Waals surface area contributed by atoms with Crippen molar-refractivity contribution in [1.29, 1.82) is 0 Å². The van der Waals surface area contributed by atoms with Gasteiger partial charge < -0.3 is 20.9 Å². The number of ether oxygens (including phenoxy) is 2. The number of halogens is 3. The molecule has 3 aliphatic rings. The van der Waals surface area contributed by atoms with Gasteiger partial charge in [0.05, 0.1) is 12.7 Å². The van der Waals surface area contributed by atoms with Crippen LogP contribution in [0.5, 0.6) is 5.75 Å². The third-order valence-corrected chi connectivity index (χ3v) is 7.25. The molecule has 3 unspecified atom stereocenters. The summed E-state index contributed by atoms with van der Waals surface area (Å²) in [6.45, 7) is 8.99. The molecule has 1 aromatic rings. The highest BCUT2D eigenvalue weighted by molar-refractivity contribution is 6.04. The molecule has 6 atom stereocenters. The second kappa shape index (κ2) is 9.73. The van der Waals surface area contributed by atoms with E-state index in [2.05, 4.69) is 35.4 Å². The molecule has 0 bridgehead atoms. The van der Waals surface area contributed by atoms with Crippen molar-refractivity contribution in [2.45, 2.75) is 64.6 Å².